The highest BCUT2D eigenvalue weighted by Gasteiger charge is 2.26. The third kappa shape index (κ3) is 4.75. The number of benzene rings is 1. The maximum Gasteiger partial charge on any atom is 0.241 e. The molecule has 1 aromatic carbocycles. The van der Waals surface area contributed by atoms with Crippen LogP contribution < -0.4 is 5.32 Å². The molecule has 1 amide bonds. The smallest absolute Gasteiger partial charge is 0.241 e. The molecule has 2 aromatic rings. The number of nitrogens with zero attached hydrogens (tertiary/aromatic N) is 3. The van der Waals surface area contributed by atoms with Crippen molar-refractivity contribution in [1.82, 2.24) is 20.4 Å². The third-order valence-corrected chi connectivity index (χ3v) is 4.97. The van der Waals surface area contributed by atoms with Crippen LogP contribution in [0.1, 0.15) is 32.1 Å². The average Bonchev–Trinajstić information content (AvgIpc) is 3.08. The molecule has 6 nitrogen and oxygen atoms in total. The molecule has 0 spiro atoms. The van der Waals surface area contributed by atoms with Crippen LogP contribution in [0.2, 0.25) is 10.0 Å². The summed E-state index contributed by atoms with van der Waals surface area (Å²) in [5, 5.41) is 8.04. The number of piperidine rings is 1. The highest BCUT2D eigenvalue weighted by atomic mass is 35.5. The standard InChI is InChI=1S/C18H22Cl2N4O2/c1-2-7-21-18(25)12-4-3-8-24(10-12)11-16-22-17(23-26-16)14-6-5-13(19)9-15(14)20/h5-6,9,12H,2-4,7-8,10-11H2,1H3,(H,21,25). The summed E-state index contributed by atoms with van der Waals surface area (Å²) in [6, 6.07) is 5.16. The highest BCUT2D eigenvalue weighted by molar-refractivity contribution is 6.36. The average molecular weight is 397 g/mol. The molecule has 3 rings (SSSR count). The van der Waals surface area contributed by atoms with E-state index in [0.29, 0.717) is 40.4 Å². The zero-order valence-electron chi connectivity index (χ0n) is 14.7. The number of rotatable bonds is 6. The molecule has 26 heavy (non-hydrogen) atoms. The van der Waals surface area contributed by atoms with E-state index in [1.54, 1.807) is 18.2 Å². The molecule has 0 saturated carbocycles. The summed E-state index contributed by atoms with van der Waals surface area (Å²) in [5.41, 5.74) is 0.682. The summed E-state index contributed by atoms with van der Waals surface area (Å²) in [6.45, 7) is 4.92. The second-order valence-corrected chi connectivity index (χ2v) is 7.34. The monoisotopic (exact) mass is 396 g/mol. The van der Waals surface area contributed by atoms with Gasteiger partial charge in [0.25, 0.3) is 0 Å². The summed E-state index contributed by atoms with van der Waals surface area (Å²) in [6.07, 6.45) is 2.84. The second-order valence-electron chi connectivity index (χ2n) is 6.50. The molecule has 0 radical (unpaired) electrons. The van der Waals surface area contributed by atoms with Gasteiger partial charge in [-0.3, -0.25) is 9.69 Å². The van der Waals surface area contributed by atoms with Crippen molar-refractivity contribution in [2.75, 3.05) is 19.6 Å². The van der Waals surface area contributed by atoms with Gasteiger partial charge in [0.1, 0.15) is 0 Å². The number of nitrogens with one attached hydrogen (secondary N) is 1. The Kier molecular flexibility index (Phi) is 6.51. The van der Waals surface area contributed by atoms with Crippen molar-refractivity contribution in [1.29, 1.82) is 0 Å². The first-order valence-corrected chi connectivity index (χ1v) is 9.60. The van der Waals surface area contributed by atoms with Crippen molar-refractivity contribution in [3.63, 3.8) is 0 Å². The van der Waals surface area contributed by atoms with Crippen LogP contribution in [-0.4, -0.2) is 40.6 Å². The first-order chi connectivity index (χ1) is 12.6. The summed E-state index contributed by atoms with van der Waals surface area (Å²) >= 11 is 12.1. The van der Waals surface area contributed by atoms with Gasteiger partial charge in [0.2, 0.25) is 17.6 Å². The van der Waals surface area contributed by atoms with Crippen LogP contribution in [0.3, 0.4) is 0 Å². The van der Waals surface area contributed by atoms with Crippen LogP contribution in [-0.2, 0) is 11.3 Å². The van der Waals surface area contributed by atoms with Gasteiger partial charge < -0.3 is 9.84 Å². The molecule has 0 aliphatic carbocycles. The van der Waals surface area contributed by atoms with E-state index in [9.17, 15) is 4.79 Å². The fourth-order valence-electron chi connectivity index (χ4n) is 3.10. The minimum absolute atomic E-state index is 0.0170. The van der Waals surface area contributed by atoms with E-state index in [0.717, 1.165) is 32.4 Å². The molecule has 2 heterocycles. The van der Waals surface area contributed by atoms with Gasteiger partial charge in [0.15, 0.2) is 0 Å². The molecule has 0 bridgehead atoms. The van der Waals surface area contributed by atoms with Crippen molar-refractivity contribution in [3.8, 4) is 11.4 Å². The van der Waals surface area contributed by atoms with Gasteiger partial charge in [-0.1, -0.05) is 35.3 Å². The molecule has 1 aromatic heterocycles. The van der Waals surface area contributed by atoms with Crippen LogP contribution in [0.4, 0.5) is 0 Å². The number of carbonyl (C=O) groups is 1. The summed E-state index contributed by atoms with van der Waals surface area (Å²) < 4.78 is 5.37. The molecular weight excluding hydrogens is 375 g/mol. The van der Waals surface area contributed by atoms with E-state index >= 15 is 0 Å². The SMILES string of the molecule is CCCNC(=O)C1CCCN(Cc2nc(-c3ccc(Cl)cc3Cl)no2)C1. The topological polar surface area (TPSA) is 71.3 Å². The van der Waals surface area contributed by atoms with Crippen LogP contribution in [0.25, 0.3) is 11.4 Å². The van der Waals surface area contributed by atoms with Gasteiger partial charge in [-0.05, 0) is 44.0 Å². The fourth-order valence-corrected chi connectivity index (χ4v) is 3.59. The molecule has 1 N–H and O–H groups in total. The van der Waals surface area contributed by atoms with Gasteiger partial charge in [-0.15, -0.1) is 0 Å². The van der Waals surface area contributed by atoms with E-state index in [-0.39, 0.29) is 11.8 Å². The van der Waals surface area contributed by atoms with E-state index in [1.807, 2.05) is 6.92 Å². The fraction of sp³-hybridized carbons (Fsp3) is 0.500. The number of amides is 1. The first-order valence-electron chi connectivity index (χ1n) is 8.85. The lowest BCUT2D eigenvalue weighted by molar-refractivity contribution is -0.126. The van der Waals surface area contributed by atoms with E-state index in [4.69, 9.17) is 27.7 Å². The lowest BCUT2D eigenvalue weighted by Gasteiger charge is -2.30. The van der Waals surface area contributed by atoms with Crippen LogP contribution in [0.15, 0.2) is 22.7 Å². The lowest BCUT2D eigenvalue weighted by Crippen LogP contribution is -2.42. The number of hydrogen-bond acceptors (Lipinski definition) is 5. The Morgan fingerprint density at radius 1 is 1.42 bits per heavy atom. The second kappa shape index (κ2) is 8.84. The summed E-state index contributed by atoms with van der Waals surface area (Å²) in [7, 11) is 0. The van der Waals surface area contributed by atoms with Crippen LogP contribution in [0.5, 0.6) is 0 Å². The van der Waals surface area contributed by atoms with Gasteiger partial charge in [-0.2, -0.15) is 4.98 Å². The first kappa shape index (κ1) is 19.1. The minimum Gasteiger partial charge on any atom is -0.356 e. The zero-order valence-corrected chi connectivity index (χ0v) is 16.2. The molecule has 1 aliphatic rings. The normalized spacial score (nSPS) is 18.0. The Morgan fingerprint density at radius 3 is 3.04 bits per heavy atom. The van der Waals surface area contributed by atoms with Crippen LogP contribution >= 0.6 is 23.2 Å². The van der Waals surface area contributed by atoms with E-state index in [2.05, 4.69) is 20.4 Å². The number of halogens is 2. The van der Waals surface area contributed by atoms with Gasteiger partial charge in [-0.25, -0.2) is 0 Å². The van der Waals surface area contributed by atoms with Crippen molar-refractivity contribution in [3.05, 3.63) is 34.1 Å². The Morgan fingerprint density at radius 2 is 2.27 bits per heavy atom. The Balaban J connectivity index is 1.62. The number of hydrogen-bond donors (Lipinski definition) is 1. The molecule has 1 unspecified atom stereocenters. The van der Waals surface area contributed by atoms with Crippen molar-refractivity contribution in [2.45, 2.75) is 32.7 Å². The van der Waals surface area contributed by atoms with Crippen molar-refractivity contribution in [2.24, 2.45) is 5.92 Å². The molecule has 8 heteroatoms. The molecule has 1 atom stereocenters. The molecule has 1 saturated heterocycles. The lowest BCUT2D eigenvalue weighted by atomic mass is 9.97. The van der Waals surface area contributed by atoms with Crippen LogP contribution in [0, 0.1) is 5.92 Å². The Labute approximate surface area is 162 Å². The third-order valence-electron chi connectivity index (χ3n) is 4.42. The summed E-state index contributed by atoms with van der Waals surface area (Å²) in [4.78, 5) is 18.8. The number of aromatic nitrogens is 2. The van der Waals surface area contributed by atoms with Gasteiger partial charge >= 0.3 is 0 Å². The predicted molar refractivity (Wildman–Crippen MR) is 101 cm³/mol. The molecular formula is C18H22Cl2N4O2. The van der Waals surface area contributed by atoms with Gasteiger partial charge in [0.05, 0.1) is 17.5 Å². The Bertz CT molecular complexity index is 765. The van der Waals surface area contributed by atoms with Crippen molar-refractivity contribution >= 4 is 29.1 Å². The summed E-state index contributed by atoms with van der Waals surface area (Å²) in [5.74, 6) is 1.11. The van der Waals surface area contributed by atoms with Gasteiger partial charge in [0, 0.05) is 23.7 Å². The van der Waals surface area contributed by atoms with E-state index < -0.39 is 0 Å². The molecule has 1 aliphatic heterocycles. The largest absolute Gasteiger partial charge is 0.356 e. The predicted octanol–water partition coefficient (Wildman–Crippen LogP) is 3.78. The van der Waals surface area contributed by atoms with E-state index in [1.165, 1.54) is 0 Å². The quantitative estimate of drug-likeness (QED) is 0.803. The maximum atomic E-state index is 12.2. The molecule has 140 valence electrons. The minimum atomic E-state index is 0.0170. The number of carbonyl (C=O) groups excluding carboxylic acids is 1. The number of likely N-dealkylation sites (tertiary alicyclic amines) is 1. The molecule has 1 fully saturated rings. The Hall–Kier alpha value is -1.63. The highest BCUT2D eigenvalue weighted by Crippen LogP contribution is 2.28. The maximum absolute atomic E-state index is 12.2. The zero-order chi connectivity index (χ0) is 18.5. The van der Waals surface area contributed by atoms with Crippen molar-refractivity contribution < 1.29 is 9.32 Å².